The van der Waals surface area contributed by atoms with Crippen LogP contribution in [0, 0.1) is 5.92 Å². The van der Waals surface area contributed by atoms with E-state index in [9.17, 15) is 0 Å². The van der Waals surface area contributed by atoms with Crippen molar-refractivity contribution in [3.05, 3.63) is 0 Å². The second-order valence-electron chi connectivity index (χ2n) is 3.08. The zero-order valence-corrected chi connectivity index (χ0v) is 9.59. The molecule has 0 aromatic heterocycles. The van der Waals surface area contributed by atoms with Gasteiger partial charge >= 0.3 is 0 Å². The number of aliphatic hydroxyl groups is 4. The van der Waals surface area contributed by atoms with Gasteiger partial charge in [0.25, 0.3) is 0 Å². The van der Waals surface area contributed by atoms with Crippen LogP contribution in [-0.4, -0.2) is 59.6 Å². The van der Waals surface area contributed by atoms with Crippen LogP contribution >= 0.6 is 0 Å². The molecule has 0 unspecified atom stereocenters. The molecular formula is C10H24O5. The zero-order valence-electron chi connectivity index (χ0n) is 9.59. The van der Waals surface area contributed by atoms with Crippen molar-refractivity contribution in [3.63, 3.8) is 0 Å². The first-order chi connectivity index (χ1) is 7.19. The van der Waals surface area contributed by atoms with Gasteiger partial charge in [0.2, 0.25) is 0 Å². The Balaban J connectivity index is 0. The summed E-state index contributed by atoms with van der Waals surface area (Å²) in [5.41, 5.74) is 0. The Labute approximate surface area is 91.3 Å². The zero-order chi connectivity index (χ0) is 12.1. The van der Waals surface area contributed by atoms with Crippen LogP contribution in [0.1, 0.15) is 20.3 Å². The summed E-state index contributed by atoms with van der Waals surface area (Å²) in [6.07, 6.45) is 0.465. The van der Waals surface area contributed by atoms with Gasteiger partial charge in [-0.1, -0.05) is 6.92 Å². The van der Waals surface area contributed by atoms with Crippen molar-refractivity contribution < 1.29 is 25.2 Å². The first kappa shape index (κ1) is 17.2. The number of hydrogen-bond donors (Lipinski definition) is 4. The number of aliphatic hydroxyl groups excluding tert-OH is 4. The SMILES string of the molecule is CCC(CO)CO.CCOC(CO)CO. The van der Waals surface area contributed by atoms with Crippen molar-refractivity contribution in [1.82, 2.24) is 0 Å². The Morgan fingerprint density at radius 2 is 1.33 bits per heavy atom. The van der Waals surface area contributed by atoms with Gasteiger partial charge in [-0.05, 0) is 13.3 Å². The minimum absolute atomic E-state index is 0.0972. The quantitative estimate of drug-likeness (QED) is 0.462. The van der Waals surface area contributed by atoms with E-state index in [-0.39, 0.29) is 38.4 Å². The maximum atomic E-state index is 8.37. The van der Waals surface area contributed by atoms with Gasteiger partial charge in [-0.3, -0.25) is 0 Å². The first-order valence-electron chi connectivity index (χ1n) is 5.24. The van der Waals surface area contributed by atoms with E-state index >= 15 is 0 Å². The molecule has 0 aliphatic carbocycles. The third-order valence-electron chi connectivity index (χ3n) is 1.90. The molecule has 0 aliphatic heterocycles. The molecule has 0 rings (SSSR count). The van der Waals surface area contributed by atoms with Gasteiger partial charge in [0.15, 0.2) is 0 Å². The second-order valence-corrected chi connectivity index (χ2v) is 3.08. The Bertz CT molecular complexity index is 96.5. The number of hydrogen-bond acceptors (Lipinski definition) is 5. The highest BCUT2D eigenvalue weighted by Gasteiger charge is 2.01. The molecule has 5 nitrogen and oxygen atoms in total. The third kappa shape index (κ3) is 11.7. The molecule has 4 N–H and O–H groups in total. The normalized spacial score (nSPS) is 10.4. The molecule has 5 heteroatoms. The fourth-order valence-electron chi connectivity index (χ4n) is 0.715. The smallest absolute Gasteiger partial charge is 0.104 e. The van der Waals surface area contributed by atoms with E-state index in [0.717, 1.165) is 6.42 Å². The summed E-state index contributed by atoms with van der Waals surface area (Å²) in [7, 11) is 0. The van der Waals surface area contributed by atoms with Gasteiger partial charge in [0.05, 0.1) is 13.2 Å². The van der Waals surface area contributed by atoms with Gasteiger partial charge < -0.3 is 25.2 Å². The van der Waals surface area contributed by atoms with E-state index in [2.05, 4.69) is 0 Å². The van der Waals surface area contributed by atoms with E-state index in [1.54, 1.807) is 0 Å². The van der Waals surface area contributed by atoms with E-state index in [0.29, 0.717) is 6.61 Å². The summed E-state index contributed by atoms with van der Waals surface area (Å²) in [5, 5.41) is 33.5. The number of ether oxygens (including phenoxy) is 1. The predicted molar refractivity (Wildman–Crippen MR) is 57.5 cm³/mol. The molecule has 0 heterocycles. The molecule has 0 saturated heterocycles. The minimum atomic E-state index is -0.389. The molecule has 0 spiro atoms. The van der Waals surface area contributed by atoms with Gasteiger partial charge in [0, 0.05) is 25.7 Å². The average molecular weight is 224 g/mol. The topological polar surface area (TPSA) is 90.2 Å². The average Bonchev–Trinajstić information content (AvgIpc) is 2.29. The van der Waals surface area contributed by atoms with Gasteiger partial charge in [0.1, 0.15) is 6.10 Å². The molecule has 0 aromatic rings. The van der Waals surface area contributed by atoms with Crippen molar-refractivity contribution in [1.29, 1.82) is 0 Å². The van der Waals surface area contributed by atoms with Crippen molar-refractivity contribution in [3.8, 4) is 0 Å². The highest BCUT2D eigenvalue weighted by Crippen LogP contribution is 1.96. The first-order valence-corrected chi connectivity index (χ1v) is 5.24. The van der Waals surface area contributed by atoms with Crippen LogP contribution in [0.5, 0.6) is 0 Å². The number of rotatable bonds is 7. The van der Waals surface area contributed by atoms with Gasteiger partial charge in [-0.25, -0.2) is 0 Å². The lowest BCUT2D eigenvalue weighted by atomic mass is 10.1. The Morgan fingerprint density at radius 3 is 1.40 bits per heavy atom. The van der Waals surface area contributed by atoms with Gasteiger partial charge in [-0.2, -0.15) is 0 Å². The summed E-state index contributed by atoms with van der Waals surface area (Å²) in [5.74, 6) is 0.0972. The summed E-state index contributed by atoms with van der Waals surface area (Å²) in [6, 6.07) is 0. The molecule has 15 heavy (non-hydrogen) atoms. The predicted octanol–water partition coefficient (Wildman–Crippen LogP) is -0.627. The Kier molecular flexibility index (Phi) is 15.8. The monoisotopic (exact) mass is 224 g/mol. The lowest BCUT2D eigenvalue weighted by Crippen LogP contribution is -2.21. The van der Waals surface area contributed by atoms with Gasteiger partial charge in [-0.15, -0.1) is 0 Å². The highest BCUT2D eigenvalue weighted by atomic mass is 16.5. The van der Waals surface area contributed by atoms with Crippen LogP contribution in [0.4, 0.5) is 0 Å². The minimum Gasteiger partial charge on any atom is -0.396 e. The molecule has 0 atom stereocenters. The van der Waals surface area contributed by atoms with Crippen molar-refractivity contribution in [2.45, 2.75) is 26.4 Å². The van der Waals surface area contributed by atoms with Crippen LogP contribution in [0.3, 0.4) is 0 Å². The van der Waals surface area contributed by atoms with Crippen molar-refractivity contribution in [2.24, 2.45) is 5.92 Å². The summed E-state index contributed by atoms with van der Waals surface area (Å²) in [4.78, 5) is 0. The molecule has 0 fully saturated rings. The molecular weight excluding hydrogens is 200 g/mol. The lowest BCUT2D eigenvalue weighted by molar-refractivity contribution is -0.0139. The van der Waals surface area contributed by atoms with Crippen LogP contribution in [-0.2, 0) is 4.74 Å². The molecule has 0 radical (unpaired) electrons. The van der Waals surface area contributed by atoms with Crippen LogP contribution < -0.4 is 0 Å². The van der Waals surface area contributed by atoms with Crippen LogP contribution in [0.2, 0.25) is 0 Å². The lowest BCUT2D eigenvalue weighted by Gasteiger charge is -2.08. The largest absolute Gasteiger partial charge is 0.396 e. The standard InChI is InChI=1S/C5H12O3.C5H12O2/c1-2-8-5(3-6)4-7;1-2-5(3-6)4-7/h5-7H,2-4H2,1H3;5-7H,2-4H2,1H3. The molecule has 0 bridgehead atoms. The maximum Gasteiger partial charge on any atom is 0.104 e. The van der Waals surface area contributed by atoms with Crippen LogP contribution in [0.15, 0.2) is 0 Å². The summed E-state index contributed by atoms with van der Waals surface area (Å²) < 4.78 is 4.84. The van der Waals surface area contributed by atoms with Crippen molar-refractivity contribution in [2.75, 3.05) is 33.0 Å². The fourth-order valence-corrected chi connectivity index (χ4v) is 0.715. The second kappa shape index (κ2) is 13.8. The van der Waals surface area contributed by atoms with Crippen LogP contribution in [0.25, 0.3) is 0 Å². The summed E-state index contributed by atoms with van der Waals surface area (Å²) in [6.45, 7) is 4.29. The Hall–Kier alpha value is -0.200. The summed E-state index contributed by atoms with van der Waals surface area (Å²) >= 11 is 0. The van der Waals surface area contributed by atoms with E-state index in [4.69, 9.17) is 25.2 Å². The molecule has 0 aliphatic rings. The highest BCUT2D eigenvalue weighted by molar-refractivity contribution is 4.49. The van der Waals surface area contributed by atoms with E-state index in [1.807, 2.05) is 13.8 Å². The molecule has 0 amide bonds. The Morgan fingerprint density at radius 1 is 0.867 bits per heavy atom. The van der Waals surface area contributed by atoms with E-state index < -0.39 is 0 Å². The molecule has 94 valence electrons. The third-order valence-corrected chi connectivity index (χ3v) is 1.90. The maximum absolute atomic E-state index is 8.37. The fraction of sp³-hybridized carbons (Fsp3) is 1.00. The van der Waals surface area contributed by atoms with E-state index in [1.165, 1.54) is 0 Å². The molecule has 0 saturated carbocycles. The van der Waals surface area contributed by atoms with Crippen molar-refractivity contribution >= 4 is 0 Å². The molecule has 0 aromatic carbocycles.